The van der Waals surface area contributed by atoms with Crippen LogP contribution in [0.15, 0.2) is 83.8 Å². The van der Waals surface area contributed by atoms with Crippen LogP contribution in [0.2, 0.25) is 0 Å². The predicted molar refractivity (Wildman–Crippen MR) is 144 cm³/mol. The zero-order valence-corrected chi connectivity index (χ0v) is 22.4. The summed E-state index contributed by atoms with van der Waals surface area (Å²) in [4.78, 5) is 27.8. The molecule has 0 aliphatic heterocycles. The maximum atomic E-state index is 13.7. The fourth-order valence-corrected chi connectivity index (χ4v) is 5.18. The summed E-state index contributed by atoms with van der Waals surface area (Å²) >= 11 is 0. The van der Waals surface area contributed by atoms with Crippen molar-refractivity contribution in [2.45, 2.75) is 37.8 Å². The maximum absolute atomic E-state index is 13.7. The van der Waals surface area contributed by atoms with E-state index in [2.05, 4.69) is 5.32 Å². The summed E-state index contributed by atoms with van der Waals surface area (Å²) in [5.74, 6) is -0.897. The van der Waals surface area contributed by atoms with Crippen LogP contribution in [0.5, 0.6) is 5.75 Å². The smallest absolute Gasteiger partial charge is 0.264 e. The number of nitrogens with zero attached hydrogens (tertiary/aromatic N) is 2. The first-order valence-corrected chi connectivity index (χ1v) is 13.6. The van der Waals surface area contributed by atoms with Crippen LogP contribution in [-0.2, 0) is 26.2 Å². The normalized spacial score (nSPS) is 11.9. The molecule has 0 aromatic heterocycles. The number of hydrogen-bond donors (Lipinski definition) is 1. The van der Waals surface area contributed by atoms with Gasteiger partial charge < -0.3 is 15.0 Å². The molecule has 1 N–H and O–H groups in total. The van der Waals surface area contributed by atoms with Crippen molar-refractivity contribution in [1.82, 2.24) is 10.2 Å². The third-order valence-electron chi connectivity index (χ3n) is 5.95. The fourth-order valence-electron chi connectivity index (χ4n) is 3.76. The first-order chi connectivity index (χ1) is 18.2. The van der Waals surface area contributed by atoms with Gasteiger partial charge in [0.15, 0.2) is 0 Å². The van der Waals surface area contributed by atoms with E-state index in [0.29, 0.717) is 30.0 Å². The second-order valence-corrected chi connectivity index (χ2v) is 10.5. The van der Waals surface area contributed by atoms with Gasteiger partial charge in [0.25, 0.3) is 10.0 Å². The Labute approximate surface area is 223 Å². The van der Waals surface area contributed by atoms with E-state index in [-0.39, 0.29) is 17.3 Å². The number of rotatable bonds is 12. The van der Waals surface area contributed by atoms with Crippen LogP contribution in [0.4, 0.5) is 10.1 Å². The molecule has 0 aliphatic rings. The van der Waals surface area contributed by atoms with E-state index in [4.69, 9.17) is 4.74 Å². The largest absolute Gasteiger partial charge is 0.497 e. The van der Waals surface area contributed by atoms with Gasteiger partial charge in [-0.15, -0.1) is 0 Å². The van der Waals surface area contributed by atoms with Crippen LogP contribution in [0.25, 0.3) is 0 Å². The highest BCUT2D eigenvalue weighted by atomic mass is 32.2. The number of sulfonamides is 1. The predicted octanol–water partition coefficient (Wildman–Crippen LogP) is 3.97. The molecule has 0 spiro atoms. The molecule has 0 radical (unpaired) electrons. The molecule has 3 rings (SSSR count). The Morgan fingerprint density at radius 2 is 1.61 bits per heavy atom. The van der Waals surface area contributed by atoms with Gasteiger partial charge in [-0.2, -0.15) is 0 Å². The molecule has 0 unspecified atom stereocenters. The first kappa shape index (κ1) is 28.6. The lowest BCUT2D eigenvalue weighted by atomic mass is 10.1. The van der Waals surface area contributed by atoms with Gasteiger partial charge in [-0.05, 0) is 67.4 Å². The molecule has 1 atom stereocenters. The highest BCUT2D eigenvalue weighted by Crippen LogP contribution is 2.25. The summed E-state index contributed by atoms with van der Waals surface area (Å²) in [6.45, 7) is 3.37. The van der Waals surface area contributed by atoms with Crippen molar-refractivity contribution in [3.8, 4) is 5.75 Å². The van der Waals surface area contributed by atoms with E-state index in [1.54, 1.807) is 37.3 Å². The van der Waals surface area contributed by atoms with Crippen molar-refractivity contribution in [2.24, 2.45) is 0 Å². The Kier molecular flexibility index (Phi) is 9.84. The Hall–Kier alpha value is -3.92. The van der Waals surface area contributed by atoms with Gasteiger partial charge in [0, 0.05) is 13.1 Å². The average Bonchev–Trinajstić information content (AvgIpc) is 2.94. The van der Waals surface area contributed by atoms with Crippen LogP contribution >= 0.6 is 0 Å². The van der Waals surface area contributed by atoms with E-state index >= 15 is 0 Å². The second-order valence-electron chi connectivity index (χ2n) is 8.64. The molecular formula is C28H32FN3O5S. The third kappa shape index (κ3) is 7.10. The third-order valence-corrected chi connectivity index (χ3v) is 7.74. The summed E-state index contributed by atoms with van der Waals surface area (Å²) < 4.78 is 47.1. The number of ether oxygens (including phenoxy) is 1. The number of amides is 2. The molecule has 10 heteroatoms. The van der Waals surface area contributed by atoms with E-state index < -0.39 is 34.3 Å². The molecule has 0 fully saturated rings. The van der Waals surface area contributed by atoms with Crippen molar-refractivity contribution in [1.29, 1.82) is 0 Å². The second kappa shape index (κ2) is 13.0. The Morgan fingerprint density at radius 1 is 0.974 bits per heavy atom. The highest BCUT2D eigenvalue weighted by Gasteiger charge is 2.32. The van der Waals surface area contributed by atoms with Crippen molar-refractivity contribution in [2.75, 3.05) is 24.5 Å². The molecular weight excluding hydrogens is 509 g/mol. The Bertz CT molecular complexity index is 1320. The molecule has 0 bridgehead atoms. The van der Waals surface area contributed by atoms with Gasteiger partial charge in [0.2, 0.25) is 11.8 Å². The minimum Gasteiger partial charge on any atom is -0.497 e. The van der Waals surface area contributed by atoms with E-state index in [1.165, 1.54) is 60.5 Å². The van der Waals surface area contributed by atoms with Crippen molar-refractivity contribution in [3.05, 3.63) is 90.2 Å². The molecule has 38 heavy (non-hydrogen) atoms. The number of hydrogen-bond acceptors (Lipinski definition) is 5. The standard InChI is InChI=1S/C28H32FN3O5S/c1-4-18-30-28(34)21(2)31(19-22-10-12-23(29)13-11-22)27(33)20-32(24-8-6-5-7-9-24)38(35,36)26-16-14-25(37-3)15-17-26/h5-17,21H,4,18-20H2,1-3H3,(H,30,34)/t21-/m1/s1. The Morgan fingerprint density at radius 3 is 2.18 bits per heavy atom. The molecule has 3 aromatic rings. The lowest BCUT2D eigenvalue weighted by Crippen LogP contribution is -2.51. The van der Waals surface area contributed by atoms with E-state index in [0.717, 1.165) is 4.31 Å². The zero-order valence-electron chi connectivity index (χ0n) is 21.6. The van der Waals surface area contributed by atoms with Gasteiger partial charge >= 0.3 is 0 Å². The number of benzene rings is 3. The summed E-state index contributed by atoms with van der Waals surface area (Å²) in [5.41, 5.74) is 0.889. The molecule has 2 amide bonds. The summed E-state index contributed by atoms with van der Waals surface area (Å²) in [7, 11) is -2.69. The van der Waals surface area contributed by atoms with Gasteiger partial charge in [-0.3, -0.25) is 13.9 Å². The van der Waals surface area contributed by atoms with E-state index in [9.17, 15) is 22.4 Å². The molecule has 3 aromatic carbocycles. The lowest BCUT2D eigenvalue weighted by Gasteiger charge is -2.32. The van der Waals surface area contributed by atoms with E-state index in [1.807, 2.05) is 6.92 Å². The fraction of sp³-hybridized carbons (Fsp3) is 0.286. The van der Waals surface area contributed by atoms with Crippen LogP contribution in [0.1, 0.15) is 25.8 Å². The molecule has 0 aliphatic carbocycles. The molecule has 202 valence electrons. The summed E-state index contributed by atoms with van der Waals surface area (Å²) in [6, 6.07) is 18.8. The van der Waals surface area contributed by atoms with Gasteiger partial charge in [-0.1, -0.05) is 37.3 Å². The van der Waals surface area contributed by atoms with Crippen LogP contribution < -0.4 is 14.4 Å². The highest BCUT2D eigenvalue weighted by molar-refractivity contribution is 7.92. The van der Waals surface area contributed by atoms with Gasteiger partial charge in [0.05, 0.1) is 17.7 Å². The average molecular weight is 542 g/mol. The van der Waals surface area contributed by atoms with Crippen LogP contribution in [0.3, 0.4) is 0 Å². The number of para-hydroxylation sites is 1. The zero-order chi connectivity index (χ0) is 27.7. The van der Waals surface area contributed by atoms with Crippen molar-refractivity contribution >= 4 is 27.5 Å². The van der Waals surface area contributed by atoms with Crippen molar-refractivity contribution in [3.63, 3.8) is 0 Å². The maximum Gasteiger partial charge on any atom is 0.264 e. The number of halogens is 1. The SMILES string of the molecule is CCCNC(=O)[C@@H](C)N(Cc1ccc(F)cc1)C(=O)CN(c1ccccc1)S(=O)(=O)c1ccc(OC)cc1. The number of anilines is 1. The minimum absolute atomic E-state index is 0.00889. The number of carbonyl (C=O) groups is 2. The summed E-state index contributed by atoms with van der Waals surface area (Å²) in [6.07, 6.45) is 0.715. The summed E-state index contributed by atoms with van der Waals surface area (Å²) in [5, 5.41) is 2.78. The number of methoxy groups -OCH3 is 1. The number of nitrogens with one attached hydrogen (secondary N) is 1. The molecule has 0 heterocycles. The van der Waals surface area contributed by atoms with Gasteiger partial charge in [0.1, 0.15) is 24.2 Å². The molecule has 0 saturated carbocycles. The topological polar surface area (TPSA) is 96.0 Å². The van der Waals surface area contributed by atoms with Gasteiger partial charge in [-0.25, -0.2) is 12.8 Å². The Balaban J connectivity index is 1.98. The number of carbonyl (C=O) groups excluding carboxylic acids is 2. The minimum atomic E-state index is -4.17. The first-order valence-electron chi connectivity index (χ1n) is 12.2. The lowest BCUT2D eigenvalue weighted by molar-refractivity contribution is -0.139. The van der Waals surface area contributed by atoms with Crippen LogP contribution in [-0.4, -0.2) is 51.4 Å². The van der Waals surface area contributed by atoms with Crippen LogP contribution in [0, 0.1) is 5.82 Å². The van der Waals surface area contributed by atoms with Crippen molar-refractivity contribution < 1.29 is 27.1 Å². The molecule has 0 saturated heterocycles. The quantitative estimate of drug-likeness (QED) is 0.374. The monoisotopic (exact) mass is 541 g/mol. The molecule has 8 nitrogen and oxygen atoms in total.